The van der Waals surface area contributed by atoms with Gasteiger partial charge in [0, 0.05) is 11.8 Å². The number of aromatic nitrogens is 1. The number of carbonyl (C=O) groups excluding carboxylic acids is 1. The van der Waals surface area contributed by atoms with Crippen molar-refractivity contribution in [1.29, 1.82) is 0 Å². The number of anilines is 1. The number of nitrogens with zero attached hydrogens (tertiary/aromatic N) is 2. The third-order valence-corrected chi connectivity index (χ3v) is 2.64. The van der Waals surface area contributed by atoms with Crippen LogP contribution in [0.25, 0.3) is 0 Å². The molecule has 5 nitrogen and oxygen atoms in total. The molecule has 2 heterocycles. The van der Waals surface area contributed by atoms with E-state index >= 15 is 0 Å². The molecule has 0 aromatic carbocycles. The summed E-state index contributed by atoms with van der Waals surface area (Å²) >= 11 is 0. The predicted octanol–water partition coefficient (Wildman–Crippen LogP) is 1.41. The Kier molecular flexibility index (Phi) is 2.38. The zero-order valence-corrected chi connectivity index (χ0v) is 9.44. The average Bonchev–Trinajstić information content (AvgIpc) is 2.25. The summed E-state index contributed by atoms with van der Waals surface area (Å²) in [6.45, 7) is 3.60. The Morgan fingerprint density at radius 3 is 2.94 bits per heavy atom. The van der Waals surface area contributed by atoms with Gasteiger partial charge >= 0.3 is 0 Å². The van der Waals surface area contributed by atoms with Gasteiger partial charge in [0.05, 0.1) is 5.41 Å². The van der Waals surface area contributed by atoms with E-state index in [1.807, 2.05) is 6.07 Å². The highest BCUT2D eigenvalue weighted by atomic mass is 16.6. The lowest BCUT2D eigenvalue weighted by Crippen LogP contribution is -2.43. The van der Waals surface area contributed by atoms with Crippen molar-refractivity contribution >= 4 is 17.4 Å². The number of hydrogen-bond donors (Lipinski definition) is 1. The lowest BCUT2D eigenvalue weighted by Gasteiger charge is -2.30. The molecular formula is C11H13N3O2. The number of amides is 1. The first-order valence-electron chi connectivity index (χ1n) is 4.96. The Labute approximate surface area is 93.5 Å². The molecule has 84 valence electrons. The average molecular weight is 219 g/mol. The third-order valence-electron chi connectivity index (χ3n) is 2.64. The highest BCUT2D eigenvalue weighted by Gasteiger charge is 2.41. The number of oxime groups is 1. The summed E-state index contributed by atoms with van der Waals surface area (Å²) in [5.41, 5.74) is 0.683. The fourth-order valence-electron chi connectivity index (χ4n) is 1.66. The smallest absolute Gasteiger partial charge is 0.237 e. The molecule has 0 aliphatic carbocycles. The van der Waals surface area contributed by atoms with Gasteiger partial charge in [-0.1, -0.05) is 5.16 Å². The van der Waals surface area contributed by atoms with E-state index in [9.17, 15) is 4.79 Å². The Hall–Kier alpha value is -1.91. The van der Waals surface area contributed by atoms with Gasteiger partial charge in [-0.25, -0.2) is 4.98 Å². The highest BCUT2D eigenvalue weighted by Crippen LogP contribution is 2.32. The Balaban J connectivity index is 2.63. The van der Waals surface area contributed by atoms with Gasteiger partial charge in [0.15, 0.2) is 0 Å². The summed E-state index contributed by atoms with van der Waals surface area (Å²) in [4.78, 5) is 20.8. The SMILES string of the molecule is CON=C1c2cccnc2NC(=O)C1(C)C. The maximum Gasteiger partial charge on any atom is 0.237 e. The van der Waals surface area contributed by atoms with Gasteiger partial charge in [-0.3, -0.25) is 4.79 Å². The minimum atomic E-state index is -0.716. The molecule has 0 fully saturated rings. The van der Waals surface area contributed by atoms with Crippen molar-refractivity contribution in [3.05, 3.63) is 23.9 Å². The normalized spacial score (nSPS) is 20.2. The molecule has 5 heteroatoms. The molecule has 1 aromatic heterocycles. The van der Waals surface area contributed by atoms with Crippen molar-refractivity contribution in [2.75, 3.05) is 12.4 Å². The second kappa shape index (κ2) is 3.59. The van der Waals surface area contributed by atoms with E-state index in [0.717, 1.165) is 5.56 Å². The molecule has 1 aliphatic rings. The molecule has 0 spiro atoms. The van der Waals surface area contributed by atoms with Crippen molar-refractivity contribution in [2.45, 2.75) is 13.8 Å². The number of hydrogen-bond acceptors (Lipinski definition) is 4. The van der Waals surface area contributed by atoms with Crippen molar-refractivity contribution in [2.24, 2.45) is 10.6 Å². The summed E-state index contributed by atoms with van der Waals surface area (Å²) in [5, 5.41) is 6.70. The maximum atomic E-state index is 11.9. The van der Waals surface area contributed by atoms with Crippen LogP contribution >= 0.6 is 0 Å². The monoisotopic (exact) mass is 219 g/mol. The lowest BCUT2D eigenvalue weighted by atomic mass is 9.80. The van der Waals surface area contributed by atoms with E-state index in [2.05, 4.69) is 15.5 Å². The van der Waals surface area contributed by atoms with Crippen LogP contribution in [0, 0.1) is 5.41 Å². The molecular weight excluding hydrogens is 206 g/mol. The van der Waals surface area contributed by atoms with E-state index in [0.29, 0.717) is 11.5 Å². The third kappa shape index (κ3) is 1.44. The number of pyridine rings is 1. The molecule has 0 atom stereocenters. The highest BCUT2D eigenvalue weighted by molar-refractivity contribution is 6.24. The molecule has 0 saturated carbocycles. The van der Waals surface area contributed by atoms with Crippen molar-refractivity contribution in [3.8, 4) is 0 Å². The quantitative estimate of drug-likeness (QED) is 0.726. The molecule has 0 unspecified atom stereocenters. The number of rotatable bonds is 1. The number of fused-ring (bicyclic) bond motifs is 1. The van der Waals surface area contributed by atoms with Gasteiger partial charge in [-0.2, -0.15) is 0 Å². The molecule has 16 heavy (non-hydrogen) atoms. The van der Waals surface area contributed by atoms with Crippen LogP contribution in [0.4, 0.5) is 5.82 Å². The summed E-state index contributed by atoms with van der Waals surface area (Å²) in [6.07, 6.45) is 1.63. The maximum absolute atomic E-state index is 11.9. The molecule has 2 rings (SSSR count). The van der Waals surface area contributed by atoms with Gasteiger partial charge in [-0.05, 0) is 26.0 Å². The first kappa shape index (κ1) is 10.6. The zero-order valence-electron chi connectivity index (χ0n) is 9.44. The van der Waals surface area contributed by atoms with Crippen LogP contribution in [0.5, 0.6) is 0 Å². The van der Waals surface area contributed by atoms with E-state index in [1.165, 1.54) is 7.11 Å². The minimum Gasteiger partial charge on any atom is -0.399 e. The minimum absolute atomic E-state index is 0.130. The number of nitrogens with one attached hydrogen (secondary N) is 1. The fourth-order valence-corrected chi connectivity index (χ4v) is 1.66. The Morgan fingerprint density at radius 2 is 2.25 bits per heavy atom. The summed E-state index contributed by atoms with van der Waals surface area (Å²) < 4.78 is 0. The van der Waals surface area contributed by atoms with Gasteiger partial charge in [0.2, 0.25) is 5.91 Å². The second-order valence-electron chi connectivity index (χ2n) is 4.10. The lowest BCUT2D eigenvalue weighted by molar-refractivity contribution is -0.121. The van der Waals surface area contributed by atoms with Crippen molar-refractivity contribution in [1.82, 2.24) is 4.98 Å². The van der Waals surface area contributed by atoms with E-state index in [4.69, 9.17) is 4.84 Å². The molecule has 1 aromatic rings. The Bertz CT molecular complexity index is 466. The van der Waals surface area contributed by atoms with Crippen LogP contribution in [-0.2, 0) is 9.63 Å². The van der Waals surface area contributed by atoms with Crippen LogP contribution < -0.4 is 5.32 Å². The summed E-state index contributed by atoms with van der Waals surface area (Å²) in [6, 6.07) is 3.67. The van der Waals surface area contributed by atoms with Crippen LogP contribution in [0.15, 0.2) is 23.5 Å². The molecule has 0 saturated heterocycles. The van der Waals surface area contributed by atoms with Crippen molar-refractivity contribution < 1.29 is 9.63 Å². The molecule has 1 aliphatic heterocycles. The molecule has 0 radical (unpaired) electrons. The predicted molar refractivity (Wildman–Crippen MR) is 60.2 cm³/mol. The van der Waals surface area contributed by atoms with Crippen LogP contribution in [0.3, 0.4) is 0 Å². The largest absolute Gasteiger partial charge is 0.399 e. The van der Waals surface area contributed by atoms with Gasteiger partial charge < -0.3 is 10.2 Å². The first-order valence-corrected chi connectivity index (χ1v) is 4.96. The molecule has 1 N–H and O–H groups in total. The van der Waals surface area contributed by atoms with E-state index in [1.54, 1.807) is 26.1 Å². The van der Waals surface area contributed by atoms with E-state index < -0.39 is 5.41 Å². The van der Waals surface area contributed by atoms with Crippen LogP contribution in [0.2, 0.25) is 0 Å². The van der Waals surface area contributed by atoms with Gasteiger partial charge in [0.1, 0.15) is 18.6 Å². The number of carbonyl (C=O) groups is 1. The van der Waals surface area contributed by atoms with Crippen molar-refractivity contribution in [3.63, 3.8) is 0 Å². The molecule has 1 amide bonds. The first-order chi connectivity index (χ1) is 7.57. The molecule has 0 bridgehead atoms. The van der Waals surface area contributed by atoms with Crippen LogP contribution in [-0.4, -0.2) is 23.7 Å². The summed E-state index contributed by atoms with van der Waals surface area (Å²) in [7, 11) is 1.46. The van der Waals surface area contributed by atoms with Crippen LogP contribution in [0.1, 0.15) is 19.4 Å². The topological polar surface area (TPSA) is 63.6 Å². The summed E-state index contributed by atoms with van der Waals surface area (Å²) in [5.74, 6) is 0.400. The second-order valence-corrected chi connectivity index (χ2v) is 4.10. The fraction of sp³-hybridized carbons (Fsp3) is 0.364. The van der Waals surface area contributed by atoms with E-state index in [-0.39, 0.29) is 5.91 Å². The Morgan fingerprint density at radius 1 is 1.50 bits per heavy atom. The zero-order chi connectivity index (χ0) is 11.8. The van der Waals surface area contributed by atoms with Gasteiger partial charge in [0.25, 0.3) is 0 Å². The standard InChI is InChI=1S/C11H13N3O2/c1-11(2)8(14-16-3)7-5-4-6-12-9(7)13-10(11)15/h4-6H,1-3H3,(H,12,13,15). The van der Waals surface area contributed by atoms with Gasteiger partial charge in [-0.15, -0.1) is 0 Å².